The molecule has 0 aliphatic carbocycles. The molecule has 1 aromatic carbocycles. The number of hydrogen-bond acceptors (Lipinski definition) is 4. The highest BCUT2D eigenvalue weighted by Gasteiger charge is 2.29. The Bertz CT molecular complexity index is 486. The number of aromatic carboxylic acids is 1. The smallest absolute Gasteiger partial charge is 0.337 e. The number of para-hydroxylation sites is 1. The minimum Gasteiger partial charge on any atom is -0.478 e. The molecule has 110 valence electrons. The maximum absolute atomic E-state index is 11.4. The molecule has 1 heterocycles. The maximum Gasteiger partial charge on any atom is 0.337 e. The molecule has 0 spiro atoms. The fraction of sp³-hybridized carbons (Fsp3) is 0.533. The lowest BCUT2D eigenvalue weighted by Gasteiger charge is -2.27. The molecule has 1 saturated heterocycles. The van der Waals surface area contributed by atoms with Crippen molar-refractivity contribution in [2.75, 3.05) is 36.8 Å². The first-order chi connectivity index (χ1) is 9.58. The summed E-state index contributed by atoms with van der Waals surface area (Å²) in [6.45, 7) is 8.05. The molecule has 0 aromatic heterocycles. The highest BCUT2D eigenvalue weighted by molar-refractivity contribution is 5.98. The third-order valence-electron chi connectivity index (χ3n) is 4.11. The average Bonchev–Trinajstić information content (AvgIpc) is 2.89. The van der Waals surface area contributed by atoms with Crippen LogP contribution in [0.25, 0.3) is 0 Å². The minimum absolute atomic E-state index is 0.296. The van der Waals surface area contributed by atoms with Crippen molar-refractivity contribution in [3.8, 4) is 0 Å². The van der Waals surface area contributed by atoms with Crippen LogP contribution in [0.1, 0.15) is 30.6 Å². The van der Waals surface area contributed by atoms with Gasteiger partial charge in [0, 0.05) is 19.1 Å². The average molecular weight is 277 g/mol. The number of anilines is 2. The molecule has 1 fully saturated rings. The van der Waals surface area contributed by atoms with E-state index in [9.17, 15) is 9.90 Å². The van der Waals surface area contributed by atoms with Crippen LogP contribution < -0.4 is 10.6 Å². The Morgan fingerprint density at radius 1 is 1.45 bits per heavy atom. The second kappa shape index (κ2) is 6.13. The summed E-state index contributed by atoms with van der Waals surface area (Å²) in [7, 11) is 0. The van der Waals surface area contributed by atoms with E-state index >= 15 is 0 Å². The molecule has 2 rings (SSSR count). The van der Waals surface area contributed by atoms with Gasteiger partial charge in [0.2, 0.25) is 0 Å². The van der Waals surface area contributed by atoms with E-state index in [1.807, 2.05) is 0 Å². The summed E-state index contributed by atoms with van der Waals surface area (Å²) in [5, 5.41) is 9.33. The van der Waals surface area contributed by atoms with Crippen LogP contribution in [0.5, 0.6) is 0 Å². The Labute approximate surface area is 120 Å². The second-order valence-corrected chi connectivity index (χ2v) is 5.16. The summed E-state index contributed by atoms with van der Waals surface area (Å²) < 4.78 is 0. The van der Waals surface area contributed by atoms with E-state index in [2.05, 4.69) is 23.6 Å². The number of carboxylic acids is 1. The van der Waals surface area contributed by atoms with Gasteiger partial charge in [0.05, 0.1) is 16.9 Å². The highest BCUT2D eigenvalue weighted by Crippen LogP contribution is 2.31. The number of hydrogen-bond donors (Lipinski definition) is 2. The monoisotopic (exact) mass is 277 g/mol. The first-order valence-corrected chi connectivity index (χ1v) is 7.19. The summed E-state index contributed by atoms with van der Waals surface area (Å²) in [5.74, 6) is -0.918. The molecule has 5 nitrogen and oxygen atoms in total. The molecule has 5 heteroatoms. The van der Waals surface area contributed by atoms with E-state index in [4.69, 9.17) is 5.73 Å². The predicted octanol–water partition coefficient (Wildman–Crippen LogP) is 1.89. The topological polar surface area (TPSA) is 69.8 Å². The highest BCUT2D eigenvalue weighted by atomic mass is 16.4. The zero-order chi connectivity index (χ0) is 14.7. The van der Waals surface area contributed by atoms with Crippen molar-refractivity contribution in [3.05, 3.63) is 23.8 Å². The summed E-state index contributed by atoms with van der Waals surface area (Å²) in [4.78, 5) is 15.9. The Hall–Kier alpha value is -1.75. The molecule has 1 unspecified atom stereocenters. The first kappa shape index (κ1) is 14.7. The molecule has 20 heavy (non-hydrogen) atoms. The van der Waals surface area contributed by atoms with E-state index in [-0.39, 0.29) is 0 Å². The summed E-state index contributed by atoms with van der Waals surface area (Å²) in [5.41, 5.74) is 7.53. The fourth-order valence-electron chi connectivity index (χ4n) is 3.07. The Morgan fingerprint density at radius 3 is 2.75 bits per heavy atom. The van der Waals surface area contributed by atoms with Gasteiger partial charge in [0.1, 0.15) is 0 Å². The largest absolute Gasteiger partial charge is 0.478 e. The van der Waals surface area contributed by atoms with E-state index in [1.54, 1.807) is 18.2 Å². The molecule has 1 atom stereocenters. The first-order valence-electron chi connectivity index (χ1n) is 7.19. The third-order valence-corrected chi connectivity index (χ3v) is 4.11. The quantitative estimate of drug-likeness (QED) is 0.804. The number of rotatable bonds is 5. The van der Waals surface area contributed by atoms with E-state index in [1.165, 1.54) is 0 Å². The standard InChI is InChI=1S/C15H23N3O2/c1-3-17(4-2)11-8-9-18(10-11)14-12(15(19)20)6-5-7-13(14)16/h5-7,11H,3-4,8-10,16H2,1-2H3,(H,19,20). The van der Waals surface area contributed by atoms with Gasteiger partial charge in [-0.15, -0.1) is 0 Å². The summed E-state index contributed by atoms with van der Waals surface area (Å²) in [6.07, 6.45) is 1.05. The van der Waals surface area contributed by atoms with Crippen LogP contribution in [0.15, 0.2) is 18.2 Å². The SMILES string of the molecule is CCN(CC)C1CCN(c2c(N)cccc2C(=O)O)C1. The van der Waals surface area contributed by atoms with Crippen molar-refractivity contribution in [1.82, 2.24) is 4.90 Å². The molecule has 0 radical (unpaired) electrons. The van der Waals surface area contributed by atoms with Gasteiger partial charge in [0.25, 0.3) is 0 Å². The number of nitrogen functional groups attached to an aromatic ring is 1. The van der Waals surface area contributed by atoms with Gasteiger partial charge in [-0.2, -0.15) is 0 Å². The summed E-state index contributed by atoms with van der Waals surface area (Å²) >= 11 is 0. The van der Waals surface area contributed by atoms with Crippen molar-refractivity contribution >= 4 is 17.3 Å². The lowest BCUT2D eigenvalue weighted by Crippen LogP contribution is -2.37. The number of nitrogens with two attached hydrogens (primary N) is 1. The van der Waals surface area contributed by atoms with Crippen molar-refractivity contribution in [1.29, 1.82) is 0 Å². The van der Waals surface area contributed by atoms with Crippen molar-refractivity contribution in [2.24, 2.45) is 0 Å². The fourth-order valence-corrected chi connectivity index (χ4v) is 3.07. The van der Waals surface area contributed by atoms with Crippen LogP contribution in [0, 0.1) is 0 Å². The Balaban J connectivity index is 2.24. The molecule has 0 saturated carbocycles. The maximum atomic E-state index is 11.4. The third kappa shape index (κ3) is 2.72. The molecular formula is C15H23N3O2. The van der Waals surface area contributed by atoms with Crippen LogP contribution in [-0.2, 0) is 0 Å². The van der Waals surface area contributed by atoms with Gasteiger partial charge in [-0.05, 0) is 31.6 Å². The van der Waals surface area contributed by atoms with Gasteiger partial charge < -0.3 is 15.7 Å². The van der Waals surface area contributed by atoms with E-state index < -0.39 is 5.97 Å². The number of carboxylic acid groups (broad SMARTS) is 1. The van der Waals surface area contributed by atoms with Gasteiger partial charge in [-0.25, -0.2) is 4.79 Å². The number of carbonyl (C=O) groups is 1. The zero-order valence-electron chi connectivity index (χ0n) is 12.2. The summed E-state index contributed by atoms with van der Waals surface area (Å²) in [6, 6.07) is 5.57. The Morgan fingerprint density at radius 2 is 2.15 bits per heavy atom. The lowest BCUT2D eigenvalue weighted by molar-refractivity contribution is 0.0697. The molecular weight excluding hydrogens is 254 g/mol. The molecule has 1 aliphatic rings. The van der Waals surface area contributed by atoms with Gasteiger partial charge in [0.15, 0.2) is 0 Å². The van der Waals surface area contributed by atoms with Gasteiger partial charge >= 0.3 is 5.97 Å². The second-order valence-electron chi connectivity index (χ2n) is 5.16. The number of nitrogens with zero attached hydrogens (tertiary/aromatic N) is 2. The van der Waals surface area contributed by atoms with Crippen LogP contribution in [0.4, 0.5) is 11.4 Å². The molecule has 1 aliphatic heterocycles. The number of benzene rings is 1. The van der Waals surface area contributed by atoms with Gasteiger partial charge in [-0.3, -0.25) is 4.90 Å². The molecule has 3 N–H and O–H groups in total. The van der Waals surface area contributed by atoms with Gasteiger partial charge in [-0.1, -0.05) is 19.9 Å². The normalized spacial score (nSPS) is 18.8. The van der Waals surface area contributed by atoms with E-state index in [0.717, 1.165) is 32.6 Å². The lowest BCUT2D eigenvalue weighted by atomic mass is 10.1. The minimum atomic E-state index is -0.918. The predicted molar refractivity (Wildman–Crippen MR) is 81.4 cm³/mol. The Kier molecular flexibility index (Phi) is 4.49. The molecule has 0 amide bonds. The van der Waals surface area contributed by atoms with Crippen LogP contribution in [-0.4, -0.2) is 48.2 Å². The van der Waals surface area contributed by atoms with Crippen LogP contribution in [0.3, 0.4) is 0 Å². The number of likely N-dealkylation sites (N-methyl/N-ethyl adjacent to an activating group) is 1. The van der Waals surface area contributed by atoms with Crippen LogP contribution >= 0.6 is 0 Å². The molecule has 1 aromatic rings. The van der Waals surface area contributed by atoms with Crippen LogP contribution in [0.2, 0.25) is 0 Å². The van der Waals surface area contributed by atoms with Crippen molar-refractivity contribution in [2.45, 2.75) is 26.3 Å². The molecule has 0 bridgehead atoms. The van der Waals surface area contributed by atoms with E-state index in [0.29, 0.717) is 23.0 Å². The van der Waals surface area contributed by atoms with Crippen molar-refractivity contribution < 1.29 is 9.90 Å². The zero-order valence-corrected chi connectivity index (χ0v) is 12.2. The van der Waals surface area contributed by atoms with Crippen molar-refractivity contribution in [3.63, 3.8) is 0 Å².